The number of aromatic nitrogens is 2. The molecular formula is C10H9ClN2O2S. The topological polar surface area (TPSA) is 52.0 Å². The minimum absolute atomic E-state index is 0.0280. The van der Waals surface area contributed by atoms with Crippen molar-refractivity contribution in [2.75, 3.05) is 0 Å². The first-order valence-corrected chi connectivity index (χ1v) is 6.85. The highest BCUT2D eigenvalue weighted by molar-refractivity contribution is 8.13. The maximum atomic E-state index is 11.3. The fraction of sp³-hybridized carbons (Fsp3) is 0.100. The molecule has 2 rings (SSSR count). The van der Waals surface area contributed by atoms with Crippen LogP contribution in [0, 0.1) is 6.92 Å². The zero-order valence-electron chi connectivity index (χ0n) is 8.46. The van der Waals surface area contributed by atoms with Crippen LogP contribution < -0.4 is 0 Å². The molecule has 0 unspecified atom stereocenters. The Morgan fingerprint density at radius 2 is 2.06 bits per heavy atom. The predicted octanol–water partition coefficient (Wildman–Crippen LogP) is 2.11. The minimum atomic E-state index is -3.78. The van der Waals surface area contributed by atoms with E-state index < -0.39 is 9.05 Å². The normalized spacial score (nSPS) is 11.6. The van der Waals surface area contributed by atoms with E-state index in [9.17, 15) is 8.42 Å². The Labute approximate surface area is 97.9 Å². The van der Waals surface area contributed by atoms with Crippen LogP contribution in [0.4, 0.5) is 0 Å². The number of nitrogens with zero attached hydrogens (tertiary/aromatic N) is 2. The van der Waals surface area contributed by atoms with Gasteiger partial charge in [0.2, 0.25) is 0 Å². The zero-order valence-corrected chi connectivity index (χ0v) is 10.0. The molecule has 0 aliphatic carbocycles. The number of benzene rings is 1. The van der Waals surface area contributed by atoms with Gasteiger partial charge in [0.05, 0.1) is 11.9 Å². The van der Waals surface area contributed by atoms with Gasteiger partial charge in [-0.2, -0.15) is 5.10 Å². The number of hydrogen-bond acceptors (Lipinski definition) is 3. The second-order valence-electron chi connectivity index (χ2n) is 3.36. The van der Waals surface area contributed by atoms with E-state index in [0.717, 1.165) is 5.56 Å². The largest absolute Gasteiger partial charge is 0.278 e. The summed E-state index contributed by atoms with van der Waals surface area (Å²) in [7, 11) is 1.53. The lowest BCUT2D eigenvalue weighted by atomic mass is 10.2. The maximum Gasteiger partial charge on any atom is 0.278 e. The fourth-order valence-electron chi connectivity index (χ4n) is 1.43. The fourth-order valence-corrected chi connectivity index (χ4v) is 2.36. The van der Waals surface area contributed by atoms with Gasteiger partial charge in [-0.05, 0) is 30.7 Å². The van der Waals surface area contributed by atoms with E-state index in [4.69, 9.17) is 10.7 Å². The molecule has 0 N–H and O–H groups in total. The van der Waals surface area contributed by atoms with Gasteiger partial charge in [0.1, 0.15) is 0 Å². The molecule has 0 spiro atoms. The van der Waals surface area contributed by atoms with Crippen LogP contribution in [0.5, 0.6) is 0 Å². The molecule has 0 fully saturated rings. The Balaban J connectivity index is 2.62. The molecule has 84 valence electrons. The molecule has 2 aromatic rings. The molecule has 0 aliphatic rings. The van der Waals surface area contributed by atoms with E-state index in [2.05, 4.69) is 5.10 Å². The monoisotopic (exact) mass is 256 g/mol. The minimum Gasteiger partial charge on any atom is -0.221 e. The number of hydrogen-bond donors (Lipinski definition) is 0. The SMILES string of the molecule is Cc1cccc(-n2nccc2S(=O)(=O)Cl)c1. The van der Waals surface area contributed by atoms with Crippen LogP contribution in [0.3, 0.4) is 0 Å². The number of rotatable bonds is 2. The Morgan fingerprint density at radius 3 is 2.69 bits per heavy atom. The van der Waals surface area contributed by atoms with Gasteiger partial charge in [0.25, 0.3) is 9.05 Å². The van der Waals surface area contributed by atoms with Gasteiger partial charge >= 0.3 is 0 Å². The van der Waals surface area contributed by atoms with E-state index in [1.54, 1.807) is 6.07 Å². The van der Waals surface area contributed by atoms with Gasteiger partial charge < -0.3 is 0 Å². The molecule has 0 amide bonds. The third kappa shape index (κ3) is 2.10. The highest BCUT2D eigenvalue weighted by atomic mass is 35.7. The molecule has 1 aromatic carbocycles. The lowest BCUT2D eigenvalue weighted by molar-refractivity contribution is 0.600. The zero-order chi connectivity index (χ0) is 11.8. The van der Waals surface area contributed by atoms with Crippen LogP contribution in [-0.4, -0.2) is 18.2 Å². The second kappa shape index (κ2) is 3.92. The summed E-state index contributed by atoms with van der Waals surface area (Å²) in [6, 6.07) is 8.72. The molecule has 0 aliphatic heterocycles. The van der Waals surface area contributed by atoms with Crippen LogP contribution in [0.25, 0.3) is 5.69 Å². The van der Waals surface area contributed by atoms with Crippen molar-refractivity contribution >= 4 is 19.7 Å². The summed E-state index contributed by atoms with van der Waals surface area (Å²) in [5.41, 5.74) is 1.69. The summed E-state index contributed by atoms with van der Waals surface area (Å²) in [6.07, 6.45) is 1.40. The molecule has 1 aromatic heterocycles. The summed E-state index contributed by atoms with van der Waals surface area (Å²) in [4.78, 5) is 0. The first-order chi connectivity index (χ1) is 7.48. The molecular weight excluding hydrogens is 248 g/mol. The van der Waals surface area contributed by atoms with Crippen LogP contribution in [-0.2, 0) is 9.05 Å². The molecule has 16 heavy (non-hydrogen) atoms. The van der Waals surface area contributed by atoms with Gasteiger partial charge in [-0.15, -0.1) is 0 Å². The van der Waals surface area contributed by atoms with Crippen molar-refractivity contribution in [3.05, 3.63) is 42.1 Å². The lowest BCUT2D eigenvalue weighted by Crippen LogP contribution is -2.04. The number of halogens is 1. The first kappa shape index (κ1) is 11.2. The third-order valence-corrected chi connectivity index (χ3v) is 3.39. The Kier molecular flexibility index (Phi) is 2.73. The molecule has 0 atom stereocenters. The molecule has 4 nitrogen and oxygen atoms in total. The third-order valence-electron chi connectivity index (χ3n) is 2.10. The van der Waals surface area contributed by atoms with Crippen molar-refractivity contribution in [2.45, 2.75) is 11.9 Å². The van der Waals surface area contributed by atoms with Crippen molar-refractivity contribution in [3.63, 3.8) is 0 Å². The van der Waals surface area contributed by atoms with E-state index in [1.807, 2.05) is 25.1 Å². The van der Waals surface area contributed by atoms with Crippen molar-refractivity contribution < 1.29 is 8.42 Å². The van der Waals surface area contributed by atoms with Crippen molar-refractivity contribution in [1.82, 2.24) is 9.78 Å². The summed E-state index contributed by atoms with van der Waals surface area (Å²) < 4.78 is 23.9. The summed E-state index contributed by atoms with van der Waals surface area (Å²) >= 11 is 0. The molecule has 1 heterocycles. The average Bonchev–Trinajstić information content (AvgIpc) is 2.65. The lowest BCUT2D eigenvalue weighted by Gasteiger charge is -2.05. The van der Waals surface area contributed by atoms with E-state index in [0.29, 0.717) is 5.69 Å². The van der Waals surface area contributed by atoms with Gasteiger partial charge in [0.15, 0.2) is 5.03 Å². The van der Waals surface area contributed by atoms with Gasteiger partial charge in [-0.3, -0.25) is 0 Å². The summed E-state index contributed by atoms with van der Waals surface area (Å²) in [6.45, 7) is 1.92. The van der Waals surface area contributed by atoms with Crippen molar-refractivity contribution in [2.24, 2.45) is 0 Å². The average molecular weight is 257 g/mol. The molecule has 0 saturated heterocycles. The highest BCUT2D eigenvalue weighted by Gasteiger charge is 2.17. The van der Waals surface area contributed by atoms with Crippen LogP contribution in [0.2, 0.25) is 0 Å². The Bertz CT molecular complexity index is 619. The molecule has 0 bridgehead atoms. The Morgan fingerprint density at radius 1 is 1.31 bits per heavy atom. The summed E-state index contributed by atoms with van der Waals surface area (Å²) in [5, 5.41) is 3.92. The smallest absolute Gasteiger partial charge is 0.221 e. The molecule has 0 saturated carbocycles. The summed E-state index contributed by atoms with van der Waals surface area (Å²) in [5.74, 6) is 0. The van der Waals surface area contributed by atoms with Crippen molar-refractivity contribution in [1.29, 1.82) is 0 Å². The number of aryl methyl sites for hydroxylation is 1. The van der Waals surface area contributed by atoms with Gasteiger partial charge in [-0.25, -0.2) is 13.1 Å². The van der Waals surface area contributed by atoms with E-state index in [1.165, 1.54) is 16.9 Å². The second-order valence-corrected chi connectivity index (χ2v) is 5.87. The molecule has 0 radical (unpaired) electrons. The van der Waals surface area contributed by atoms with Crippen LogP contribution >= 0.6 is 10.7 Å². The molecule has 6 heteroatoms. The standard InChI is InChI=1S/C10H9ClN2O2S/c1-8-3-2-4-9(7-8)13-10(5-6-12-13)16(11,14)15/h2-7H,1H3. The highest BCUT2D eigenvalue weighted by Crippen LogP contribution is 2.19. The maximum absolute atomic E-state index is 11.3. The predicted molar refractivity (Wildman–Crippen MR) is 61.3 cm³/mol. The first-order valence-electron chi connectivity index (χ1n) is 4.54. The van der Waals surface area contributed by atoms with Crippen molar-refractivity contribution in [3.8, 4) is 5.69 Å². The van der Waals surface area contributed by atoms with Crippen LogP contribution in [0.1, 0.15) is 5.56 Å². The van der Waals surface area contributed by atoms with Crippen LogP contribution in [0.15, 0.2) is 41.6 Å². The van der Waals surface area contributed by atoms with Gasteiger partial charge in [-0.1, -0.05) is 12.1 Å². The van der Waals surface area contributed by atoms with E-state index >= 15 is 0 Å². The van der Waals surface area contributed by atoms with E-state index in [-0.39, 0.29) is 5.03 Å². The van der Waals surface area contributed by atoms with Gasteiger partial charge in [0, 0.05) is 10.7 Å². The Hall–Kier alpha value is -1.33. The quantitative estimate of drug-likeness (QED) is 0.774.